The minimum Gasteiger partial charge on any atom is -0.492 e. The molecule has 0 radical (unpaired) electrons. The van der Waals surface area contributed by atoms with Crippen molar-refractivity contribution in [2.75, 3.05) is 13.2 Å². The molecule has 114 valence electrons. The van der Waals surface area contributed by atoms with E-state index in [9.17, 15) is 9.59 Å². The second-order valence-corrected chi connectivity index (χ2v) is 6.69. The number of halogens is 1. The first-order chi connectivity index (χ1) is 9.81. The van der Waals surface area contributed by atoms with Crippen molar-refractivity contribution in [3.05, 3.63) is 28.2 Å². The van der Waals surface area contributed by atoms with Crippen LogP contribution in [0, 0.1) is 5.41 Å². The second kappa shape index (κ2) is 6.05. The lowest BCUT2D eigenvalue weighted by Crippen LogP contribution is -2.35. The Kier molecular flexibility index (Phi) is 4.56. The maximum Gasteiger partial charge on any atom is 0.309 e. The van der Waals surface area contributed by atoms with E-state index in [1.165, 1.54) is 0 Å². The Hall–Kier alpha value is -1.56. The number of aliphatic carboxylic acids is 1. The third-order valence-corrected chi connectivity index (χ3v) is 4.19. The van der Waals surface area contributed by atoms with Gasteiger partial charge in [-0.05, 0) is 38.5 Å². The van der Waals surface area contributed by atoms with Crippen LogP contribution in [0.15, 0.2) is 22.7 Å². The predicted octanol–water partition coefficient (Wildman–Crippen LogP) is 2.54. The molecule has 2 N–H and O–H groups in total. The zero-order valence-corrected chi connectivity index (χ0v) is 13.6. The lowest BCUT2D eigenvalue weighted by atomic mass is 9.89. The summed E-state index contributed by atoms with van der Waals surface area (Å²) in [6, 6.07) is 5.59. The summed E-state index contributed by atoms with van der Waals surface area (Å²) in [4.78, 5) is 23.2. The molecule has 6 heteroatoms. The minimum atomic E-state index is -0.866. The van der Waals surface area contributed by atoms with Crippen molar-refractivity contribution in [2.45, 2.75) is 26.2 Å². The van der Waals surface area contributed by atoms with Gasteiger partial charge >= 0.3 is 5.97 Å². The quantitative estimate of drug-likeness (QED) is 0.850. The number of ether oxygens (including phenoxy) is 1. The van der Waals surface area contributed by atoms with Crippen LogP contribution >= 0.6 is 15.9 Å². The van der Waals surface area contributed by atoms with Gasteiger partial charge in [0, 0.05) is 16.6 Å². The fourth-order valence-electron chi connectivity index (χ4n) is 2.13. The summed E-state index contributed by atoms with van der Waals surface area (Å²) in [5.74, 6) is -0.613. The number of fused-ring (bicyclic) bond motifs is 1. The average molecular weight is 356 g/mol. The summed E-state index contributed by atoms with van der Waals surface area (Å²) < 4.78 is 6.40. The molecule has 21 heavy (non-hydrogen) atoms. The van der Waals surface area contributed by atoms with Crippen molar-refractivity contribution in [3.63, 3.8) is 0 Å². The molecule has 0 bridgehead atoms. The molecule has 1 heterocycles. The van der Waals surface area contributed by atoms with Gasteiger partial charge in [0.1, 0.15) is 18.3 Å². The van der Waals surface area contributed by atoms with Crippen molar-refractivity contribution in [1.29, 1.82) is 0 Å². The monoisotopic (exact) mass is 355 g/mol. The molecule has 1 aromatic carbocycles. The molecule has 1 aliphatic heterocycles. The number of carboxylic acid groups (broad SMARTS) is 1. The number of carbonyl (C=O) groups is 2. The Labute approximate surface area is 131 Å². The summed E-state index contributed by atoms with van der Waals surface area (Å²) in [5.41, 5.74) is 0.0137. The second-order valence-electron chi connectivity index (χ2n) is 5.78. The predicted molar refractivity (Wildman–Crippen MR) is 81.4 cm³/mol. The van der Waals surface area contributed by atoms with Crippen molar-refractivity contribution < 1.29 is 19.4 Å². The van der Waals surface area contributed by atoms with Crippen molar-refractivity contribution in [1.82, 2.24) is 5.32 Å². The fraction of sp³-hybridized carbons (Fsp3) is 0.467. The molecule has 0 saturated carbocycles. The van der Waals surface area contributed by atoms with E-state index in [1.807, 2.05) is 18.2 Å². The summed E-state index contributed by atoms with van der Waals surface area (Å²) in [6.45, 7) is 3.94. The van der Waals surface area contributed by atoms with Crippen LogP contribution < -0.4 is 10.1 Å². The highest BCUT2D eigenvalue weighted by Crippen LogP contribution is 2.35. The van der Waals surface area contributed by atoms with Gasteiger partial charge in [-0.15, -0.1) is 0 Å². The number of benzene rings is 1. The lowest BCUT2D eigenvalue weighted by molar-refractivity contribution is -0.147. The topological polar surface area (TPSA) is 75.6 Å². The molecule has 2 rings (SSSR count). The molecule has 0 aliphatic carbocycles. The first-order valence-electron chi connectivity index (χ1n) is 6.74. The molecule has 5 nitrogen and oxygen atoms in total. The van der Waals surface area contributed by atoms with Crippen LogP contribution in [0.25, 0.3) is 0 Å². The number of carboxylic acids is 1. The van der Waals surface area contributed by atoms with Crippen molar-refractivity contribution in [2.24, 2.45) is 5.41 Å². The van der Waals surface area contributed by atoms with Crippen LogP contribution in [-0.2, 0) is 9.59 Å². The van der Waals surface area contributed by atoms with E-state index in [2.05, 4.69) is 21.2 Å². The van der Waals surface area contributed by atoms with Gasteiger partial charge in [0.05, 0.1) is 5.41 Å². The highest BCUT2D eigenvalue weighted by Gasteiger charge is 2.31. The van der Waals surface area contributed by atoms with Gasteiger partial charge in [0.25, 0.3) is 0 Å². The van der Waals surface area contributed by atoms with E-state index in [1.54, 1.807) is 13.8 Å². The number of rotatable bonds is 5. The van der Waals surface area contributed by atoms with Gasteiger partial charge in [0.15, 0.2) is 0 Å². The maximum absolute atomic E-state index is 12.2. The zero-order chi connectivity index (χ0) is 15.6. The van der Waals surface area contributed by atoms with Crippen LogP contribution in [0.1, 0.15) is 31.7 Å². The van der Waals surface area contributed by atoms with E-state index in [0.717, 1.165) is 15.8 Å². The molecular formula is C15H18BrNO4. The number of hydrogen-bond acceptors (Lipinski definition) is 3. The van der Waals surface area contributed by atoms with E-state index in [4.69, 9.17) is 9.84 Å². The molecule has 1 aromatic rings. The average Bonchev–Trinajstić information content (AvgIpc) is 2.81. The molecule has 1 unspecified atom stereocenters. The molecule has 0 saturated heterocycles. The van der Waals surface area contributed by atoms with Crippen LogP contribution in [0.2, 0.25) is 0 Å². The number of nitrogens with one attached hydrogen (secondary N) is 1. The minimum absolute atomic E-state index is 0.131. The highest BCUT2D eigenvalue weighted by atomic mass is 79.9. The Balaban J connectivity index is 1.95. The molecule has 0 spiro atoms. The van der Waals surface area contributed by atoms with Gasteiger partial charge in [-0.1, -0.05) is 15.9 Å². The van der Waals surface area contributed by atoms with Crippen LogP contribution in [0.5, 0.6) is 5.75 Å². The first kappa shape index (κ1) is 15.8. The van der Waals surface area contributed by atoms with Crippen molar-refractivity contribution >= 4 is 27.8 Å². The zero-order valence-electron chi connectivity index (χ0n) is 12.0. The summed E-state index contributed by atoms with van der Waals surface area (Å²) in [6.07, 6.45) is 0.382. The standard InChI is InChI=1S/C15H18BrNO4/c1-15(2,14(19)20)5-6-17-13(18)11-8-21-12-4-3-9(16)7-10(11)12/h3-4,7,11H,5-6,8H2,1-2H3,(H,17,18)(H,19,20). The van der Waals surface area contributed by atoms with E-state index in [-0.39, 0.29) is 11.8 Å². The number of hydrogen-bond donors (Lipinski definition) is 2. The molecule has 0 aromatic heterocycles. The SMILES string of the molecule is CC(C)(CCNC(=O)C1COc2ccc(Br)cc21)C(=O)O. The van der Waals surface area contributed by atoms with Gasteiger partial charge in [-0.3, -0.25) is 9.59 Å². The van der Waals surface area contributed by atoms with Gasteiger partial charge in [-0.25, -0.2) is 0 Å². The van der Waals surface area contributed by atoms with Crippen LogP contribution in [0.3, 0.4) is 0 Å². The summed E-state index contributed by atoms with van der Waals surface area (Å²) in [5, 5.41) is 11.8. The van der Waals surface area contributed by atoms with Gasteiger partial charge in [0.2, 0.25) is 5.91 Å². The number of amides is 1. The lowest BCUT2D eigenvalue weighted by Gasteiger charge is -2.19. The fourth-order valence-corrected chi connectivity index (χ4v) is 2.51. The molecular weight excluding hydrogens is 338 g/mol. The number of carbonyl (C=O) groups excluding carboxylic acids is 1. The summed E-state index contributed by atoms with van der Waals surface area (Å²) in [7, 11) is 0. The largest absolute Gasteiger partial charge is 0.492 e. The van der Waals surface area contributed by atoms with Gasteiger partial charge < -0.3 is 15.2 Å². The van der Waals surface area contributed by atoms with Crippen LogP contribution in [-0.4, -0.2) is 30.1 Å². The summed E-state index contributed by atoms with van der Waals surface area (Å²) >= 11 is 3.38. The molecule has 1 aliphatic rings. The normalized spacial score (nSPS) is 17.0. The smallest absolute Gasteiger partial charge is 0.309 e. The van der Waals surface area contributed by atoms with E-state index >= 15 is 0 Å². The van der Waals surface area contributed by atoms with Crippen molar-refractivity contribution in [3.8, 4) is 5.75 Å². The van der Waals surface area contributed by atoms with E-state index < -0.39 is 11.4 Å². The molecule has 1 atom stereocenters. The Morgan fingerprint density at radius 2 is 2.19 bits per heavy atom. The Bertz CT molecular complexity index is 571. The molecule has 1 amide bonds. The van der Waals surface area contributed by atoms with Gasteiger partial charge in [-0.2, -0.15) is 0 Å². The first-order valence-corrected chi connectivity index (χ1v) is 7.54. The Morgan fingerprint density at radius 3 is 2.86 bits per heavy atom. The highest BCUT2D eigenvalue weighted by molar-refractivity contribution is 9.10. The van der Waals surface area contributed by atoms with Crippen LogP contribution in [0.4, 0.5) is 0 Å². The van der Waals surface area contributed by atoms with E-state index in [0.29, 0.717) is 19.6 Å². The molecule has 0 fully saturated rings. The maximum atomic E-state index is 12.2. The third-order valence-electron chi connectivity index (χ3n) is 3.70. The third kappa shape index (κ3) is 3.56. The Morgan fingerprint density at radius 1 is 1.48 bits per heavy atom.